The molecule has 0 spiro atoms. The van der Waals surface area contributed by atoms with Crippen LogP contribution in [-0.4, -0.2) is 25.8 Å². The normalized spacial score (nSPS) is 10.7. The third-order valence-corrected chi connectivity index (χ3v) is 3.18. The molecule has 0 unspecified atom stereocenters. The van der Waals surface area contributed by atoms with Crippen molar-refractivity contribution in [2.45, 2.75) is 27.7 Å². The summed E-state index contributed by atoms with van der Waals surface area (Å²) in [5, 5.41) is 16.1. The van der Waals surface area contributed by atoms with Crippen LogP contribution in [0.3, 0.4) is 0 Å². The molecule has 0 aliphatic carbocycles. The van der Waals surface area contributed by atoms with E-state index in [9.17, 15) is 14.7 Å². The zero-order valence-electron chi connectivity index (χ0n) is 11.2. The van der Waals surface area contributed by atoms with Gasteiger partial charge in [0.2, 0.25) is 0 Å². The molecule has 2 aromatic heterocycles. The largest absolute Gasteiger partial charge is 0.478 e. The number of aryl methyl sites for hydroxylation is 3. The third kappa shape index (κ3) is 1.95. The lowest BCUT2D eigenvalue weighted by Crippen LogP contribution is -2.24. The number of carboxylic acids is 1. The van der Waals surface area contributed by atoms with Crippen molar-refractivity contribution in [3.63, 3.8) is 0 Å². The Morgan fingerprint density at radius 2 is 1.95 bits per heavy atom. The molecule has 2 heterocycles. The monoisotopic (exact) mass is 261 g/mol. The van der Waals surface area contributed by atoms with Gasteiger partial charge >= 0.3 is 5.97 Å². The first-order valence-electron chi connectivity index (χ1n) is 5.83. The molecule has 0 saturated carbocycles. The molecule has 0 aromatic carbocycles. The van der Waals surface area contributed by atoms with Gasteiger partial charge in [-0.1, -0.05) is 0 Å². The topological polar surface area (TPSA) is 88.0 Å². The van der Waals surface area contributed by atoms with Gasteiger partial charge in [0.15, 0.2) is 0 Å². The van der Waals surface area contributed by atoms with Crippen LogP contribution in [0.5, 0.6) is 0 Å². The van der Waals surface area contributed by atoms with Crippen molar-refractivity contribution in [1.29, 1.82) is 0 Å². The van der Waals surface area contributed by atoms with E-state index in [1.165, 1.54) is 10.6 Å². The molecule has 0 bridgehead atoms. The first kappa shape index (κ1) is 13.1. The number of carbonyl (C=O) groups is 1. The smallest absolute Gasteiger partial charge is 0.337 e. The highest BCUT2D eigenvalue weighted by Gasteiger charge is 2.19. The molecule has 0 saturated heterocycles. The predicted octanol–water partition coefficient (Wildman–Crippen LogP) is 1.49. The Balaban J connectivity index is 2.90. The second kappa shape index (κ2) is 4.38. The molecule has 0 radical (unpaired) electrons. The molecule has 19 heavy (non-hydrogen) atoms. The highest BCUT2D eigenvalue weighted by atomic mass is 16.4. The van der Waals surface area contributed by atoms with Crippen molar-refractivity contribution in [2.75, 3.05) is 0 Å². The summed E-state index contributed by atoms with van der Waals surface area (Å²) in [6.45, 7) is 6.81. The number of nitrogens with one attached hydrogen (secondary N) is 1. The van der Waals surface area contributed by atoms with Crippen LogP contribution in [0.1, 0.15) is 33.0 Å². The fraction of sp³-hybridized carbons (Fsp3) is 0.308. The number of H-pyrrole nitrogens is 1. The average molecular weight is 261 g/mol. The van der Waals surface area contributed by atoms with Crippen molar-refractivity contribution >= 4 is 5.97 Å². The molecule has 6 nitrogen and oxygen atoms in total. The van der Waals surface area contributed by atoms with E-state index in [4.69, 9.17) is 0 Å². The summed E-state index contributed by atoms with van der Waals surface area (Å²) >= 11 is 0. The van der Waals surface area contributed by atoms with E-state index in [2.05, 4.69) is 10.2 Å². The number of carboxylic acid groups (broad SMARTS) is 1. The van der Waals surface area contributed by atoms with Gasteiger partial charge in [-0.05, 0) is 33.3 Å². The quantitative estimate of drug-likeness (QED) is 0.857. The third-order valence-electron chi connectivity index (χ3n) is 3.18. The van der Waals surface area contributed by atoms with Crippen molar-refractivity contribution in [2.24, 2.45) is 0 Å². The minimum Gasteiger partial charge on any atom is -0.478 e. The summed E-state index contributed by atoms with van der Waals surface area (Å²) in [6.07, 6.45) is 0. The summed E-state index contributed by atoms with van der Waals surface area (Å²) in [4.78, 5) is 23.5. The fourth-order valence-corrected chi connectivity index (χ4v) is 2.36. The van der Waals surface area contributed by atoms with Crippen LogP contribution in [0.25, 0.3) is 5.69 Å². The number of aromatic carboxylic acids is 1. The number of rotatable bonds is 2. The highest BCUT2D eigenvalue weighted by Crippen LogP contribution is 2.19. The lowest BCUT2D eigenvalue weighted by molar-refractivity contribution is 0.0694. The highest BCUT2D eigenvalue weighted by molar-refractivity contribution is 5.90. The number of hydrogen-bond donors (Lipinski definition) is 2. The first-order chi connectivity index (χ1) is 8.84. The second-order valence-electron chi connectivity index (χ2n) is 4.55. The molecule has 2 aromatic rings. The Hall–Kier alpha value is -2.37. The van der Waals surface area contributed by atoms with E-state index in [-0.39, 0.29) is 11.1 Å². The van der Waals surface area contributed by atoms with Gasteiger partial charge in [0.1, 0.15) is 0 Å². The van der Waals surface area contributed by atoms with Crippen LogP contribution >= 0.6 is 0 Å². The molecular weight excluding hydrogens is 246 g/mol. The Kier molecular flexibility index (Phi) is 3.01. The molecule has 2 rings (SSSR count). The van der Waals surface area contributed by atoms with Crippen molar-refractivity contribution in [1.82, 2.24) is 14.8 Å². The minimum atomic E-state index is -1.04. The Bertz CT molecular complexity index is 706. The van der Waals surface area contributed by atoms with E-state index in [1.54, 1.807) is 27.7 Å². The van der Waals surface area contributed by atoms with Crippen LogP contribution < -0.4 is 5.56 Å². The second-order valence-corrected chi connectivity index (χ2v) is 4.55. The molecule has 100 valence electrons. The van der Waals surface area contributed by atoms with Gasteiger partial charge in [-0.2, -0.15) is 5.10 Å². The number of nitrogens with zero attached hydrogens (tertiary/aromatic N) is 2. The Morgan fingerprint density at radius 1 is 1.32 bits per heavy atom. The van der Waals surface area contributed by atoms with Crippen LogP contribution in [0.4, 0.5) is 0 Å². The summed E-state index contributed by atoms with van der Waals surface area (Å²) in [7, 11) is 0. The lowest BCUT2D eigenvalue weighted by Gasteiger charge is -2.14. The van der Waals surface area contributed by atoms with Gasteiger partial charge in [-0.3, -0.25) is 14.5 Å². The molecular formula is C13H15N3O3. The van der Waals surface area contributed by atoms with Crippen molar-refractivity contribution in [3.8, 4) is 5.69 Å². The number of aromatic nitrogens is 3. The van der Waals surface area contributed by atoms with Gasteiger partial charge in [-0.15, -0.1) is 0 Å². The van der Waals surface area contributed by atoms with E-state index in [1.807, 2.05) is 0 Å². The van der Waals surface area contributed by atoms with Crippen LogP contribution in [-0.2, 0) is 0 Å². The van der Waals surface area contributed by atoms with Gasteiger partial charge in [0, 0.05) is 11.8 Å². The lowest BCUT2D eigenvalue weighted by atomic mass is 10.1. The number of pyridine rings is 1. The molecule has 0 amide bonds. The van der Waals surface area contributed by atoms with E-state index in [0.717, 1.165) is 5.69 Å². The summed E-state index contributed by atoms with van der Waals surface area (Å²) in [5.74, 6) is -1.04. The molecule has 0 aliphatic rings. The standard InChI is InChI=1S/C13H15N3O3/c1-6-5-10(17)16(9(4)11(6)13(18)19)12-7(2)14-15-8(12)3/h5H,1-4H3,(H,14,15)(H,18,19). The molecule has 0 aliphatic heterocycles. The van der Waals surface area contributed by atoms with Crippen LogP contribution in [0.2, 0.25) is 0 Å². The summed E-state index contributed by atoms with van der Waals surface area (Å²) in [6, 6.07) is 1.34. The van der Waals surface area contributed by atoms with E-state index in [0.29, 0.717) is 22.6 Å². The van der Waals surface area contributed by atoms with Crippen molar-refractivity contribution < 1.29 is 9.90 Å². The van der Waals surface area contributed by atoms with Crippen molar-refractivity contribution in [3.05, 3.63) is 44.6 Å². The molecule has 6 heteroatoms. The molecule has 0 fully saturated rings. The first-order valence-corrected chi connectivity index (χ1v) is 5.83. The maximum atomic E-state index is 12.2. The molecule has 2 N–H and O–H groups in total. The van der Waals surface area contributed by atoms with Gasteiger partial charge in [-0.25, -0.2) is 4.79 Å². The summed E-state index contributed by atoms with van der Waals surface area (Å²) in [5.41, 5.74) is 2.76. The van der Waals surface area contributed by atoms with Gasteiger partial charge in [0.25, 0.3) is 5.56 Å². The SMILES string of the molecule is Cc1cc(=O)n(-c2c(C)n[nH]c2C)c(C)c1C(=O)O. The maximum Gasteiger partial charge on any atom is 0.337 e. The van der Waals surface area contributed by atoms with E-state index < -0.39 is 5.97 Å². The average Bonchev–Trinajstić information content (AvgIpc) is 2.59. The van der Waals surface area contributed by atoms with Crippen LogP contribution in [0.15, 0.2) is 10.9 Å². The predicted molar refractivity (Wildman–Crippen MR) is 70.1 cm³/mol. The van der Waals surface area contributed by atoms with Crippen LogP contribution in [0, 0.1) is 27.7 Å². The number of aromatic amines is 1. The van der Waals surface area contributed by atoms with Gasteiger partial charge in [0.05, 0.1) is 22.6 Å². The Labute approximate surface area is 109 Å². The zero-order chi connectivity index (χ0) is 14.3. The fourth-order valence-electron chi connectivity index (χ4n) is 2.36. The number of hydrogen-bond acceptors (Lipinski definition) is 3. The molecule has 0 atom stereocenters. The minimum absolute atomic E-state index is 0.152. The zero-order valence-corrected chi connectivity index (χ0v) is 11.2. The van der Waals surface area contributed by atoms with E-state index >= 15 is 0 Å². The Morgan fingerprint density at radius 3 is 2.42 bits per heavy atom. The van der Waals surface area contributed by atoms with Gasteiger partial charge < -0.3 is 5.11 Å². The maximum absolute atomic E-state index is 12.2. The summed E-state index contributed by atoms with van der Waals surface area (Å²) < 4.78 is 1.39.